The van der Waals surface area contributed by atoms with Gasteiger partial charge in [0.2, 0.25) is 0 Å². The molecule has 0 heterocycles. The Balaban J connectivity index is 3.10. The second kappa shape index (κ2) is 5.31. The van der Waals surface area contributed by atoms with Crippen LogP contribution >= 0.6 is 0 Å². The third-order valence-corrected chi connectivity index (χ3v) is 3.38. The third kappa shape index (κ3) is 2.96. The molecule has 0 spiro atoms. The van der Waals surface area contributed by atoms with E-state index in [1.807, 2.05) is 7.05 Å². The van der Waals surface area contributed by atoms with Crippen molar-refractivity contribution >= 4 is 6.08 Å². The second-order valence-electron chi connectivity index (χ2n) is 4.69. The van der Waals surface area contributed by atoms with E-state index < -0.39 is 0 Å². The topological polar surface area (TPSA) is 12.0 Å². The zero-order valence-corrected chi connectivity index (χ0v) is 11.3. The summed E-state index contributed by atoms with van der Waals surface area (Å²) in [6, 6.07) is 4.97. The number of nitrogens with one attached hydrogen (secondary N) is 1. The van der Waals surface area contributed by atoms with Crippen LogP contribution in [0.2, 0.25) is 0 Å². The standard InChI is InChI=1S/C15H23N/c1-10-7-13(4)15(8-11(10)2)9-12(3)14(5)16-6/h7-9,14,16H,1-6H3/b12-9+. The predicted octanol–water partition coefficient (Wildman–Crippen LogP) is 3.62. The van der Waals surface area contributed by atoms with Gasteiger partial charge in [0.25, 0.3) is 0 Å². The van der Waals surface area contributed by atoms with E-state index in [9.17, 15) is 0 Å². The average molecular weight is 217 g/mol. The first kappa shape index (κ1) is 13.0. The van der Waals surface area contributed by atoms with Gasteiger partial charge in [0.1, 0.15) is 0 Å². The summed E-state index contributed by atoms with van der Waals surface area (Å²) in [5.74, 6) is 0. The lowest BCUT2D eigenvalue weighted by Crippen LogP contribution is -2.22. The summed E-state index contributed by atoms with van der Waals surface area (Å²) in [6.45, 7) is 10.9. The highest BCUT2D eigenvalue weighted by Gasteiger charge is 2.03. The molecule has 0 bridgehead atoms. The first-order chi connectivity index (χ1) is 7.45. The van der Waals surface area contributed by atoms with Gasteiger partial charge in [0, 0.05) is 6.04 Å². The van der Waals surface area contributed by atoms with E-state index >= 15 is 0 Å². The SMILES string of the molecule is CNC(C)/C(C)=C/c1cc(C)c(C)cc1C. The van der Waals surface area contributed by atoms with Gasteiger partial charge in [-0.1, -0.05) is 23.8 Å². The van der Waals surface area contributed by atoms with Crippen molar-refractivity contribution in [2.45, 2.75) is 40.7 Å². The maximum atomic E-state index is 3.26. The van der Waals surface area contributed by atoms with E-state index in [1.54, 1.807) is 0 Å². The fourth-order valence-corrected chi connectivity index (χ4v) is 1.74. The monoisotopic (exact) mass is 217 g/mol. The summed E-state index contributed by atoms with van der Waals surface area (Å²) < 4.78 is 0. The summed E-state index contributed by atoms with van der Waals surface area (Å²) in [5.41, 5.74) is 6.79. The molecule has 1 aromatic rings. The lowest BCUT2D eigenvalue weighted by molar-refractivity contribution is 0.696. The molecular formula is C15H23N. The molecule has 1 nitrogen and oxygen atoms in total. The van der Waals surface area contributed by atoms with Crippen molar-refractivity contribution in [1.29, 1.82) is 0 Å². The van der Waals surface area contributed by atoms with E-state index in [0.29, 0.717) is 6.04 Å². The van der Waals surface area contributed by atoms with Crippen molar-refractivity contribution in [1.82, 2.24) is 5.32 Å². The van der Waals surface area contributed by atoms with Crippen LogP contribution in [0.3, 0.4) is 0 Å². The number of hydrogen-bond acceptors (Lipinski definition) is 1. The highest BCUT2D eigenvalue weighted by Crippen LogP contribution is 2.18. The largest absolute Gasteiger partial charge is 0.314 e. The molecule has 0 aromatic heterocycles. The number of rotatable bonds is 3. The Morgan fingerprint density at radius 3 is 2.25 bits per heavy atom. The Kier molecular flexibility index (Phi) is 4.31. The van der Waals surface area contributed by atoms with Crippen molar-refractivity contribution in [2.75, 3.05) is 7.05 Å². The van der Waals surface area contributed by atoms with Crippen molar-refractivity contribution in [3.63, 3.8) is 0 Å². The summed E-state index contributed by atoms with van der Waals surface area (Å²) in [7, 11) is 2.00. The quantitative estimate of drug-likeness (QED) is 0.815. The van der Waals surface area contributed by atoms with Crippen molar-refractivity contribution in [3.05, 3.63) is 40.0 Å². The molecule has 1 atom stereocenters. The Labute approximate surface area is 99.6 Å². The molecule has 1 heteroatoms. The molecule has 16 heavy (non-hydrogen) atoms. The molecule has 1 N–H and O–H groups in total. The Bertz CT molecular complexity index is 402. The minimum Gasteiger partial charge on any atom is -0.314 e. The number of aryl methyl sites for hydroxylation is 3. The van der Waals surface area contributed by atoms with Crippen LogP contribution in [-0.2, 0) is 0 Å². The number of hydrogen-bond donors (Lipinski definition) is 1. The van der Waals surface area contributed by atoms with Crippen LogP contribution in [0.5, 0.6) is 0 Å². The van der Waals surface area contributed by atoms with Crippen LogP contribution in [0.4, 0.5) is 0 Å². The van der Waals surface area contributed by atoms with Gasteiger partial charge in [0.15, 0.2) is 0 Å². The van der Waals surface area contributed by atoms with Crippen LogP contribution in [0, 0.1) is 20.8 Å². The zero-order valence-electron chi connectivity index (χ0n) is 11.3. The van der Waals surface area contributed by atoms with Crippen molar-refractivity contribution in [2.24, 2.45) is 0 Å². The highest BCUT2D eigenvalue weighted by atomic mass is 14.8. The lowest BCUT2D eigenvalue weighted by Gasteiger charge is -2.12. The average Bonchev–Trinajstić information content (AvgIpc) is 2.24. The summed E-state index contributed by atoms with van der Waals surface area (Å²) in [4.78, 5) is 0. The molecule has 0 saturated heterocycles. The molecule has 0 aliphatic heterocycles. The van der Waals surface area contributed by atoms with Gasteiger partial charge in [-0.25, -0.2) is 0 Å². The molecule has 0 fully saturated rings. The zero-order chi connectivity index (χ0) is 12.3. The molecular weight excluding hydrogens is 194 g/mol. The van der Waals surface area contributed by atoms with Gasteiger partial charge in [-0.2, -0.15) is 0 Å². The van der Waals surface area contributed by atoms with Crippen LogP contribution in [0.25, 0.3) is 6.08 Å². The van der Waals surface area contributed by atoms with Crippen LogP contribution in [0.15, 0.2) is 17.7 Å². The summed E-state index contributed by atoms with van der Waals surface area (Å²) in [6.07, 6.45) is 2.28. The van der Waals surface area contributed by atoms with Gasteiger partial charge >= 0.3 is 0 Å². The Morgan fingerprint density at radius 1 is 1.12 bits per heavy atom. The molecule has 1 unspecified atom stereocenters. The maximum absolute atomic E-state index is 3.26. The minimum atomic E-state index is 0.431. The summed E-state index contributed by atoms with van der Waals surface area (Å²) in [5, 5.41) is 3.26. The van der Waals surface area contributed by atoms with Crippen molar-refractivity contribution < 1.29 is 0 Å². The molecule has 0 radical (unpaired) electrons. The molecule has 1 rings (SSSR count). The van der Waals surface area contributed by atoms with Gasteiger partial charge in [-0.05, 0) is 63.9 Å². The molecule has 0 saturated carbocycles. The molecule has 1 aromatic carbocycles. The fourth-order valence-electron chi connectivity index (χ4n) is 1.74. The molecule has 0 aliphatic rings. The first-order valence-corrected chi connectivity index (χ1v) is 5.89. The van der Waals surface area contributed by atoms with E-state index in [1.165, 1.54) is 27.8 Å². The smallest absolute Gasteiger partial charge is 0.0248 e. The van der Waals surface area contributed by atoms with E-state index in [2.05, 4.69) is 58.1 Å². The predicted molar refractivity (Wildman–Crippen MR) is 72.8 cm³/mol. The Hall–Kier alpha value is -1.08. The van der Waals surface area contributed by atoms with Crippen LogP contribution < -0.4 is 5.32 Å². The summed E-state index contributed by atoms with van der Waals surface area (Å²) >= 11 is 0. The van der Waals surface area contributed by atoms with E-state index in [-0.39, 0.29) is 0 Å². The fraction of sp³-hybridized carbons (Fsp3) is 0.467. The molecule has 0 amide bonds. The van der Waals surface area contributed by atoms with Gasteiger partial charge in [0.05, 0.1) is 0 Å². The Morgan fingerprint density at radius 2 is 1.69 bits per heavy atom. The first-order valence-electron chi connectivity index (χ1n) is 5.89. The number of likely N-dealkylation sites (N-methyl/N-ethyl adjacent to an activating group) is 1. The minimum absolute atomic E-state index is 0.431. The van der Waals surface area contributed by atoms with Crippen molar-refractivity contribution in [3.8, 4) is 0 Å². The molecule has 0 aliphatic carbocycles. The highest BCUT2D eigenvalue weighted by molar-refractivity contribution is 5.59. The normalized spacial score (nSPS) is 14.0. The lowest BCUT2D eigenvalue weighted by atomic mass is 9.98. The van der Waals surface area contributed by atoms with E-state index in [0.717, 1.165) is 0 Å². The van der Waals surface area contributed by atoms with Gasteiger partial charge in [-0.15, -0.1) is 0 Å². The maximum Gasteiger partial charge on any atom is 0.0248 e. The van der Waals surface area contributed by atoms with Crippen LogP contribution in [-0.4, -0.2) is 13.1 Å². The molecule has 88 valence electrons. The van der Waals surface area contributed by atoms with Gasteiger partial charge < -0.3 is 5.32 Å². The second-order valence-corrected chi connectivity index (χ2v) is 4.69. The van der Waals surface area contributed by atoms with E-state index in [4.69, 9.17) is 0 Å². The van der Waals surface area contributed by atoms with Gasteiger partial charge in [-0.3, -0.25) is 0 Å². The van der Waals surface area contributed by atoms with Crippen LogP contribution in [0.1, 0.15) is 36.1 Å². The third-order valence-electron chi connectivity index (χ3n) is 3.38. The number of benzene rings is 1.